The van der Waals surface area contributed by atoms with Crippen molar-refractivity contribution in [3.63, 3.8) is 0 Å². The maximum atomic E-state index is 12.2. The van der Waals surface area contributed by atoms with Gasteiger partial charge in [0.15, 0.2) is 0 Å². The van der Waals surface area contributed by atoms with Crippen molar-refractivity contribution in [3.8, 4) is 0 Å². The molecule has 1 aromatic heterocycles. The zero-order valence-electron chi connectivity index (χ0n) is 11.5. The van der Waals surface area contributed by atoms with Crippen LogP contribution in [0.4, 0.5) is 18.9 Å². The van der Waals surface area contributed by atoms with Crippen molar-refractivity contribution in [2.24, 2.45) is 5.92 Å². The molecule has 1 heterocycles. The normalized spacial score (nSPS) is 20.7. The molecule has 22 heavy (non-hydrogen) atoms. The largest absolute Gasteiger partial charge is 0.408 e. The lowest BCUT2D eigenvalue weighted by molar-refractivity contribution is -0.142. The molecular formula is C15H14F3N3O. The Bertz CT molecular complexity index is 666. The van der Waals surface area contributed by atoms with Crippen molar-refractivity contribution in [3.05, 3.63) is 48.3 Å². The van der Waals surface area contributed by atoms with Crippen LogP contribution in [0.15, 0.2) is 42.7 Å². The van der Waals surface area contributed by atoms with Crippen LogP contribution < -0.4 is 5.32 Å². The molecule has 0 aliphatic heterocycles. The molecule has 1 aliphatic carbocycles. The van der Waals surface area contributed by atoms with Crippen molar-refractivity contribution in [1.29, 1.82) is 0 Å². The SMILES string of the molecule is O=C(Nc1cnn(CC(F)(F)F)c1)[C@H]1C[C@H]1c1ccccc1. The Labute approximate surface area is 124 Å². The van der Waals surface area contributed by atoms with Gasteiger partial charge in [-0.3, -0.25) is 9.48 Å². The molecule has 1 aromatic carbocycles. The number of benzene rings is 1. The van der Waals surface area contributed by atoms with Crippen LogP contribution in [0.5, 0.6) is 0 Å². The molecule has 2 aromatic rings. The fourth-order valence-electron chi connectivity index (χ4n) is 2.49. The topological polar surface area (TPSA) is 46.9 Å². The van der Waals surface area contributed by atoms with E-state index in [1.54, 1.807) is 0 Å². The molecule has 1 saturated carbocycles. The zero-order valence-corrected chi connectivity index (χ0v) is 11.5. The quantitative estimate of drug-likeness (QED) is 0.943. The Morgan fingerprint density at radius 2 is 2.05 bits per heavy atom. The van der Waals surface area contributed by atoms with Gasteiger partial charge in [-0.05, 0) is 17.9 Å². The summed E-state index contributed by atoms with van der Waals surface area (Å²) in [4.78, 5) is 12.1. The molecule has 116 valence electrons. The number of halogens is 3. The van der Waals surface area contributed by atoms with Crippen molar-refractivity contribution >= 4 is 11.6 Å². The van der Waals surface area contributed by atoms with Gasteiger partial charge in [-0.25, -0.2) is 0 Å². The van der Waals surface area contributed by atoms with Crippen LogP contribution in [0.1, 0.15) is 17.9 Å². The molecule has 0 saturated heterocycles. The van der Waals surface area contributed by atoms with Crippen LogP contribution in [-0.2, 0) is 11.3 Å². The van der Waals surface area contributed by atoms with E-state index in [9.17, 15) is 18.0 Å². The van der Waals surface area contributed by atoms with Crippen LogP contribution in [0.2, 0.25) is 0 Å². The van der Waals surface area contributed by atoms with Crippen molar-refractivity contribution in [2.75, 3.05) is 5.32 Å². The highest BCUT2D eigenvalue weighted by Crippen LogP contribution is 2.47. The smallest absolute Gasteiger partial charge is 0.323 e. The molecule has 1 fully saturated rings. The number of carbonyl (C=O) groups excluding carboxylic acids is 1. The monoisotopic (exact) mass is 309 g/mol. The second-order valence-electron chi connectivity index (χ2n) is 5.39. The number of nitrogens with one attached hydrogen (secondary N) is 1. The molecule has 0 bridgehead atoms. The highest BCUT2D eigenvalue weighted by Gasteiger charge is 2.43. The number of alkyl halides is 3. The maximum Gasteiger partial charge on any atom is 0.408 e. The number of hydrogen-bond acceptors (Lipinski definition) is 2. The van der Waals surface area contributed by atoms with Crippen molar-refractivity contribution < 1.29 is 18.0 Å². The van der Waals surface area contributed by atoms with Gasteiger partial charge < -0.3 is 5.32 Å². The minimum atomic E-state index is -4.33. The van der Waals surface area contributed by atoms with Gasteiger partial charge in [0, 0.05) is 12.1 Å². The van der Waals surface area contributed by atoms with Gasteiger partial charge in [0.25, 0.3) is 0 Å². The van der Waals surface area contributed by atoms with Gasteiger partial charge in [0.2, 0.25) is 5.91 Å². The first kappa shape index (κ1) is 14.6. The van der Waals surface area contributed by atoms with Gasteiger partial charge in [0.1, 0.15) is 6.54 Å². The predicted molar refractivity (Wildman–Crippen MR) is 74.2 cm³/mol. The van der Waals surface area contributed by atoms with Crippen LogP contribution >= 0.6 is 0 Å². The van der Waals surface area contributed by atoms with Crippen molar-refractivity contribution in [2.45, 2.75) is 25.1 Å². The molecule has 1 amide bonds. The van der Waals surface area contributed by atoms with Crippen LogP contribution in [0.3, 0.4) is 0 Å². The first-order valence-corrected chi connectivity index (χ1v) is 6.87. The number of rotatable bonds is 4. The molecular weight excluding hydrogens is 295 g/mol. The van der Waals surface area contributed by atoms with E-state index in [0.717, 1.165) is 16.7 Å². The molecule has 0 spiro atoms. The van der Waals surface area contributed by atoms with E-state index in [4.69, 9.17) is 0 Å². The lowest BCUT2D eigenvalue weighted by atomic mass is 10.1. The average molecular weight is 309 g/mol. The highest BCUT2D eigenvalue weighted by atomic mass is 19.4. The molecule has 0 unspecified atom stereocenters. The Morgan fingerprint density at radius 3 is 2.73 bits per heavy atom. The summed E-state index contributed by atoms with van der Waals surface area (Å²) in [5.74, 6) is -0.125. The fourth-order valence-corrected chi connectivity index (χ4v) is 2.49. The Hall–Kier alpha value is -2.31. The Balaban J connectivity index is 1.57. The summed E-state index contributed by atoms with van der Waals surface area (Å²) in [6.45, 7) is -1.17. The summed E-state index contributed by atoms with van der Waals surface area (Å²) >= 11 is 0. The number of amides is 1. The first-order chi connectivity index (χ1) is 10.4. The standard InChI is InChI=1S/C15H14F3N3O/c16-15(17,18)9-21-8-11(7-19-21)20-14(22)13-6-12(13)10-4-2-1-3-5-10/h1-5,7-8,12-13H,6,9H2,(H,20,22)/t12-,13-/m0/s1. The van der Waals surface area contributed by atoms with E-state index in [0.29, 0.717) is 0 Å². The molecule has 3 rings (SSSR count). The second-order valence-corrected chi connectivity index (χ2v) is 5.39. The highest BCUT2D eigenvalue weighted by molar-refractivity contribution is 5.95. The number of carbonyl (C=O) groups is 1. The summed E-state index contributed by atoms with van der Waals surface area (Å²) in [7, 11) is 0. The van der Waals surface area contributed by atoms with E-state index in [2.05, 4.69) is 10.4 Å². The third-order valence-electron chi connectivity index (χ3n) is 3.60. The van der Waals surface area contributed by atoms with E-state index < -0.39 is 12.7 Å². The van der Waals surface area contributed by atoms with E-state index in [1.165, 1.54) is 12.4 Å². The van der Waals surface area contributed by atoms with Gasteiger partial charge in [0.05, 0.1) is 11.9 Å². The van der Waals surface area contributed by atoms with Gasteiger partial charge in [-0.1, -0.05) is 30.3 Å². The van der Waals surface area contributed by atoms with E-state index in [-0.39, 0.29) is 23.4 Å². The third kappa shape index (κ3) is 3.47. The number of nitrogens with zero attached hydrogens (tertiary/aromatic N) is 2. The maximum absolute atomic E-state index is 12.2. The van der Waals surface area contributed by atoms with Crippen LogP contribution in [0, 0.1) is 5.92 Å². The molecule has 7 heteroatoms. The summed E-state index contributed by atoms with van der Waals surface area (Å²) in [6, 6.07) is 9.70. The predicted octanol–water partition coefficient (Wildman–Crippen LogP) is 3.19. The van der Waals surface area contributed by atoms with E-state index in [1.807, 2.05) is 30.3 Å². The molecule has 2 atom stereocenters. The summed E-state index contributed by atoms with van der Waals surface area (Å²) in [5, 5.41) is 6.21. The summed E-state index contributed by atoms with van der Waals surface area (Å²) in [6.07, 6.45) is -1.16. The summed E-state index contributed by atoms with van der Waals surface area (Å²) < 4.78 is 37.5. The number of hydrogen-bond donors (Lipinski definition) is 1. The van der Waals surface area contributed by atoms with Crippen LogP contribution in [-0.4, -0.2) is 21.9 Å². The molecule has 4 nitrogen and oxygen atoms in total. The Morgan fingerprint density at radius 1 is 1.32 bits per heavy atom. The lowest BCUT2D eigenvalue weighted by Gasteiger charge is -2.05. The second kappa shape index (κ2) is 5.47. The minimum Gasteiger partial charge on any atom is -0.323 e. The molecule has 0 radical (unpaired) electrons. The van der Waals surface area contributed by atoms with Gasteiger partial charge in [-0.15, -0.1) is 0 Å². The third-order valence-corrected chi connectivity index (χ3v) is 3.60. The van der Waals surface area contributed by atoms with Crippen LogP contribution in [0.25, 0.3) is 0 Å². The fraction of sp³-hybridized carbons (Fsp3) is 0.333. The molecule has 1 N–H and O–H groups in total. The zero-order chi connectivity index (χ0) is 15.7. The first-order valence-electron chi connectivity index (χ1n) is 6.87. The van der Waals surface area contributed by atoms with E-state index >= 15 is 0 Å². The van der Waals surface area contributed by atoms with Gasteiger partial charge in [-0.2, -0.15) is 18.3 Å². The number of anilines is 1. The average Bonchev–Trinajstić information content (AvgIpc) is 3.15. The summed E-state index contributed by atoms with van der Waals surface area (Å²) in [5.41, 5.74) is 1.39. The molecule has 1 aliphatic rings. The van der Waals surface area contributed by atoms with Gasteiger partial charge >= 0.3 is 6.18 Å². The lowest BCUT2D eigenvalue weighted by Crippen LogP contribution is -2.18. The van der Waals surface area contributed by atoms with Crippen molar-refractivity contribution in [1.82, 2.24) is 9.78 Å². The minimum absolute atomic E-state index is 0.131. The number of aromatic nitrogens is 2. The Kier molecular flexibility index (Phi) is 3.64.